The molecule has 1 unspecified atom stereocenters. The van der Waals surface area contributed by atoms with Crippen molar-refractivity contribution in [3.8, 4) is 5.75 Å². The minimum Gasteiger partial charge on any atom is -0.494 e. The van der Waals surface area contributed by atoms with Crippen LogP contribution in [0.15, 0.2) is 66.9 Å². The average Bonchev–Trinajstić information content (AvgIpc) is 2.83. The predicted octanol–water partition coefficient (Wildman–Crippen LogP) is 5.43. The molecule has 1 atom stereocenters. The zero-order valence-corrected chi connectivity index (χ0v) is 21.3. The zero-order chi connectivity index (χ0) is 24.3. The molecular weight excluding hydrogens is 480 g/mol. The number of benzene rings is 2. The standard InChI is InChI=1S/C28H31ClN2O3S/c29-23-9-7-22(8-10-23)28(13-3-14-28)27-26-19-25(11-6-21(26)12-16-31-27)34-17-4-18-35(32,33)20-24-5-1-2-15-30-24/h1-2,5-11,15,19,27,31H,3-4,12-14,16-18,20H2. The van der Waals surface area contributed by atoms with Crippen molar-refractivity contribution in [1.82, 2.24) is 10.3 Å². The first-order chi connectivity index (χ1) is 17.0. The summed E-state index contributed by atoms with van der Waals surface area (Å²) in [6.07, 6.45) is 6.57. The van der Waals surface area contributed by atoms with Crippen LogP contribution in [-0.4, -0.2) is 32.3 Å². The fourth-order valence-electron chi connectivity index (χ4n) is 5.45. The summed E-state index contributed by atoms with van der Waals surface area (Å²) in [6, 6.07) is 20.2. The van der Waals surface area contributed by atoms with Crippen LogP contribution < -0.4 is 10.1 Å². The van der Waals surface area contributed by atoms with Gasteiger partial charge in [-0.15, -0.1) is 0 Å². The van der Waals surface area contributed by atoms with E-state index in [1.54, 1.807) is 24.4 Å². The van der Waals surface area contributed by atoms with Gasteiger partial charge in [0.1, 0.15) is 5.75 Å². The summed E-state index contributed by atoms with van der Waals surface area (Å²) in [7, 11) is -3.22. The summed E-state index contributed by atoms with van der Waals surface area (Å²) in [5, 5.41) is 4.56. The van der Waals surface area contributed by atoms with E-state index < -0.39 is 9.84 Å². The molecule has 2 aromatic carbocycles. The van der Waals surface area contributed by atoms with E-state index in [1.807, 2.05) is 18.2 Å². The van der Waals surface area contributed by atoms with Crippen LogP contribution in [0.25, 0.3) is 0 Å². The van der Waals surface area contributed by atoms with Crippen LogP contribution in [0.5, 0.6) is 5.75 Å². The largest absolute Gasteiger partial charge is 0.494 e. The number of sulfone groups is 1. The summed E-state index contributed by atoms with van der Waals surface area (Å²) in [5.74, 6) is 0.843. The Labute approximate surface area is 212 Å². The van der Waals surface area contributed by atoms with Crippen LogP contribution in [0.2, 0.25) is 5.02 Å². The SMILES string of the molecule is O=S(=O)(CCCOc1ccc2c(c1)C(C1(c3ccc(Cl)cc3)CCC1)NCC2)Cc1ccccn1. The van der Waals surface area contributed by atoms with Crippen molar-refractivity contribution in [3.63, 3.8) is 0 Å². The van der Waals surface area contributed by atoms with Gasteiger partial charge in [0.2, 0.25) is 0 Å². The van der Waals surface area contributed by atoms with Gasteiger partial charge in [0, 0.05) is 22.7 Å². The van der Waals surface area contributed by atoms with Crippen molar-refractivity contribution >= 4 is 21.4 Å². The number of aromatic nitrogens is 1. The summed E-state index contributed by atoms with van der Waals surface area (Å²) >= 11 is 6.17. The molecule has 5 nitrogen and oxygen atoms in total. The van der Waals surface area contributed by atoms with Crippen LogP contribution in [0.1, 0.15) is 54.1 Å². The molecular formula is C28H31ClN2O3S. The van der Waals surface area contributed by atoms with E-state index >= 15 is 0 Å². The summed E-state index contributed by atoms with van der Waals surface area (Å²) in [4.78, 5) is 4.12. The first-order valence-corrected chi connectivity index (χ1v) is 14.5. The molecule has 1 aliphatic heterocycles. The molecule has 35 heavy (non-hydrogen) atoms. The third-order valence-corrected chi connectivity index (χ3v) is 9.25. The molecule has 1 saturated carbocycles. The maximum atomic E-state index is 12.4. The van der Waals surface area contributed by atoms with Gasteiger partial charge in [-0.2, -0.15) is 0 Å². The fraction of sp³-hybridized carbons (Fsp3) is 0.393. The predicted molar refractivity (Wildman–Crippen MR) is 140 cm³/mol. The van der Waals surface area contributed by atoms with Crippen LogP contribution in [0.4, 0.5) is 0 Å². The Kier molecular flexibility index (Phi) is 7.14. The second kappa shape index (κ2) is 10.3. The lowest BCUT2D eigenvalue weighted by Gasteiger charge is -2.50. The lowest BCUT2D eigenvalue weighted by atomic mass is 9.58. The third-order valence-electron chi connectivity index (χ3n) is 7.35. The molecule has 1 N–H and O–H groups in total. The van der Waals surface area contributed by atoms with Gasteiger partial charge in [0.05, 0.1) is 23.8 Å². The molecule has 1 fully saturated rings. The Bertz CT molecular complexity index is 1260. The first kappa shape index (κ1) is 24.3. The number of rotatable bonds is 9. The van der Waals surface area contributed by atoms with Gasteiger partial charge in [0.15, 0.2) is 9.84 Å². The maximum absolute atomic E-state index is 12.4. The van der Waals surface area contributed by atoms with E-state index in [2.05, 4.69) is 34.6 Å². The first-order valence-electron chi connectivity index (χ1n) is 12.3. The fourth-order valence-corrected chi connectivity index (χ4v) is 6.90. The number of fused-ring (bicyclic) bond motifs is 1. The highest BCUT2D eigenvalue weighted by Crippen LogP contribution is 2.53. The molecule has 1 aromatic heterocycles. The average molecular weight is 511 g/mol. The van der Waals surface area contributed by atoms with Crippen molar-refractivity contribution in [3.05, 3.63) is 94.3 Å². The van der Waals surface area contributed by atoms with Crippen LogP contribution in [-0.2, 0) is 27.4 Å². The summed E-state index contributed by atoms with van der Waals surface area (Å²) in [5.41, 5.74) is 4.64. The molecule has 184 valence electrons. The minimum atomic E-state index is -3.22. The van der Waals surface area contributed by atoms with E-state index in [-0.39, 0.29) is 23.0 Å². The molecule has 0 spiro atoms. The highest BCUT2D eigenvalue weighted by Gasteiger charge is 2.47. The lowest BCUT2D eigenvalue weighted by molar-refractivity contribution is 0.164. The number of nitrogens with one attached hydrogen (secondary N) is 1. The van der Waals surface area contributed by atoms with Crippen molar-refractivity contribution in [1.29, 1.82) is 0 Å². The van der Waals surface area contributed by atoms with Gasteiger partial charge in [-0.25, -0.2) is 8.42 Å². The van der Waals surface area contributed by atoms with Crippen molar-refractivity contribution in [2.24, 2.45) is 0 Å². The Morgan fingerprint density at radius 2 is 1.91 bits per heavy atom. The van der Waals surface area contributed by atoms with E-state index in [0.717, 1.165) is 36.6 Å². The van der Waals surface area contributed by atoms with E-state index in [0.29, 0.717) is 18.7 Å². The highest BCUT2D eigenvalue weighted by molar-refractivity contribution is 7.90. The Morgan fingerprint density at radius 3 is 2.63 bits per heavy atom. The molecule has 5 rings (SSSR count). The zero-order valence-electron chi connectivity index (χ0n) is 19.8. The molecule has 0 amide bonds. The number of hydrogen-bond acceptors (Lipinski definition) is 5. The summed E-state index contributed by atoms with van der Waals surface area (Å²) in [6.45, 7) is 1.32. The molecule has 3 aromatic rings. The van der Waals surface area contributed by atoms with Gasteiger partial charge in [-0.3, -0.25) is 4.98 Å². The number of hydrogen-bond donors (Lipinski definition) is 1. The Hall–Kier alpha value is -2.41. The van der Waals surface area contributed by atoms with Gasteiger partial charge in [-0.1, -0.05) is 42.3 Å². The topological polar surface area (TPSA) is 68.3 Å². The minimum absolute atomic E-state index is 0.0349. The normalized spacial score (nSPS) is 18.9. The molecule has 2 heterocycles. The molecule has 0 saturated heterocycles. The third kappa shape index (κ3) is 5.40. The molecule has 7 heteroatoms. The summed E-state index contributed by atoms with van der Waals surface area (Å²) < 4.78 is 30.9. The van der Waals surface area contributed by atoms with Crippen molar-refractivity contribution in [2.45, 2.75) is 49.3 Å². The smallest absolute Gasteiger partial charge is 0.156 e. The second-order valence-corrected chi connectivity index (χ2v) is 12.2. The second-order valence-electron chi connectivity index (χ2n) is 9.63. The van der Waals surface area contributed by atoms with Gasteiger partial charge >= 0.3 is 0 Å². The van der Waals surface area contributed by atoms with Gasteiger partial charge < -0.3 is 10.1 Å². The molecule has 0 radical (unpaired) electrons. The van der Waals surface area contributed by atoms with Gasteiger partial charge in [-0.05, 0) is 85.3 Å². The number of pyridine rings is 1. The molecule has 2 aliphatic rings. The monoisotopic (exact) mass is 510 g/mol. The quantitative estimate of drug-likeness (QED) is 0.389. The lowest BCUT2D eigenvalue weighted by Crippen LogP contribution is -2.49. The van der Waals surface area contributed by atoms with E-state index in [9.17, 15) is 8.42 Å². The van der Waals surface area contributed by atoms with Gasteiger partial charge in [0.25, 0.3) is 0 Å². The number of ether oxygens (including phenoxy) is 1. The molecule has 0 bridgehead atoms. The van der Waals surface area contributed by atoms with E-state index in [4.69, 9.17) is 16.3 Å². The van der Waals surface area contributed by atoms with Crippen LogP contribution in [0.3, 0.4) is 0 Å². The van der Waals surface area contributed by atoms with Crippen molar-refractivity contribution < 1.29 is 13.2 Å². The highest BCUT2D eigenvalue weighted by atomic mass is 35.5. The number of nitrogens with zero attached hydrogens (tertiary/aromatic N) is 1. The van der Waals surface area contributed by atoms with E-state index in [1.165, 1.54) is 23.1 Å². The maximum Gasteiger partial charge on any atom is 0.156 e. The van der Waals surface area contributed by atoms with Crippen LogP contribution >= 0.6 is 11.6 Å². The Morgan fingerprint density at radius 1 is 1.09 bits per heavy atom. The van der Waals surface area contributed by atoms with Crippen molar-refractivity contribution in [2.75, 3.05) is 18.9 Å². The number of halogens is 1. The molecule has 1 aliphatic carbocycles. The van der Waals surface area contributed by atoms with Crippen LogP contribution in [0, 0.1) is 0 Å². The Balaban J connectivity index is 1.26.